The summed E-state index contributed by atoms with van der Waals surface area (Å²) in [7, 11) is 0. The molecule has 0 fully saturated rings. The average molecular weight is 332 g/mol. The lowest BCUT2D eigenvalue weighted by Crippen LogP contribution is -2.03. The highest BCUT2D eigenvalue weighted by Gasteiger charge is 2.15. The number of hydrogen-bond acceptors (Lipinski definition) is 3. The highest BCUT2D eigenvalue weighted by atomic mass is 16.7. The zero-order valence-corrected chi connectivity index (χ0v) is 13.7. The van der Waals surface area contributed by atoms with Gasteiger partial charge in [0.15, 0.2) is 16.9 Å². The van der Waals surface area contributed by atoms with Crippen LogP contribution < -0.4 is 14.9 Å². The van der Waals surface area contributed by atoms with Crippen molar-refractivity contribution in [3.8, 4) is 22.8 Å². The van der Waals surface area contributed by atoms with E-state index in [-0.39, 0.29) is 12.2 Å². The molecule has 5 rings (SSSR count). The first-order valence-corrected chi connectivity index (χ1v) is 8.29. The van der Waals surface area contributed by atoms with E-state index in [1.54, 1.807) is 6.07 Å². The highest BCUT2D eigenvalue weighted by molar-refractivity contribution is 6.05. The van der Waals surface area contributed by atoms with Crippen molar-refractivity contribution in [1.82, 2.24) is 9.55 Å². The minimum atomic E-state index is 0.0147. The molecule has 1 aliphatic heterocycles. The molecule has 1 aliphatic rings. The van der Waals surface area contributed by atoms with Crippen molar-refractivity contribution >= 4 is 21.8 Å². The van der Waals surface area contributed by atoms with Crippen molar-refractivity contribution in [3.63, 3.8) is 0 Å². The molecule has 0 bridgehead atoms. The highest BCUT2D eigenvalue weighted by Crippen LogP contribution is 2.35. The van der Waals surface area contributed by atoms with Gasteiger partial charge in [-0.25, -0.2) is 0 Å². The maximum Gasteiger partial charge on any atom is 0.231 e. The third-order valence-electron chi connectivity index (χ3n) is 4.77. The number of H-pyrrole nitrogens is 1. The molecular weight excluding hydrogens is 316 g/mol. The van der Waals surface area contributed by atoms with Crippen molar-refractivity contribution in [2.75, 3.05) is 6.79 Å². The zero-order chi connectivity index (χ0) is 17.0. The summed E-state index contributed by atoms with van der Waals surface area (Å²) < 4.78 is 12.9. The summed E-state index contributed by atoms with van der Waals surface area (Å²) in [6.07, 6.45) is 2.02. The Bertz CT molecular complexity index is 1190. The van der Waals surface area contributed by atoms with E-state index < -0.39 is 0 Å². The Hall–Kier alpha value is -3.21. The fourth-order valence-corrected chi connectivity index (χ4v) is 3.52. The third kappa shape index (κ3) is 2.05. The van der Waals surface area contributed by atoms with Crippen LogP contribution in [0.25, 0.3) is 33.1 Å². The normalized spacial score (nSPS) is 13.0. The van der Waals surface area contributed by atoms with Crippen LogP contribution in [0.2, 0.25) is 0 Å². The maximum atomic E-state index is 12.8. The fraction of sp³-hybridized carbons (Fsp3) is 0.150. The van der Waals surface area contributed by atoms with E-state index in [1.807, 2.05) is 36.5 Å². The summed E-state index contributed by atoms with van der Waals surface area (Å²) in [6, 6.07) is 13.4. The van der Waals surface area contributed by atoms with Crippen LogP contribution in [0.3, 0.4) is 0 Å². The van der Waals surface area contributed by atoms with Gasteiger partial charge in [-0.2, -0.15) is 0 Å². The van der Waals surface area contributed by atoms with E-state index in [9.17, 15) is 4.79 Å². The van der Waals surface area contributed by atoms with E-state index >= 15 is 0 Å². The summed E-state index contributed by atoms with van der Waals surface area (Å²) >= 11 is 0. The number of hydrogen-bond donors (Lipinski definition) is 1. The third-order valence-corrected chi connectivity index (χ3v) is 4.77. The number of ether oxygens (including phenoxy) is 2. The van der Waals surface area contributed by atoms with Gasteiger partial charge in [0.1, 0.15) is 0 Å². The minimum absolute atomic E-state index is 0.0147. The van der Waals surface area contributed by atoms with E-state index in [4.69, 9.17) is 9.47 Å². The van der Waals surface area contributed by atoms with Crippen molar-refractivity contribution in [2.45, 2.75) is 13.5 Å². The first-order chi connectivity index (χ1) is 12.2. The smallest absolute Gasteiger partial charge is 0.231 e. The molecule has 3 heterocycles. The van der Waals surface area contributed by atoms with Gasteiger partial charge in [0, 0.05) is 41.0 Å². The van der Waals surface area contributed by atoms with Gasteiger partial charge in [0.05, 0.1) is 10.9 Å². The van der Waals surface area contributed by atoms with E-state index in [0.717, 1.165) is 45.4 Å². The SMILES string of the molecule is CCn1ccc2c3c(=O)cc(-c4ccc5c(c4)OCO5)[nH]c3ccc21. The number of aryl methyl sites for hydroxylation is 1. The Kier molecular flexibility index (Phi) is 2.91. The second kappa shape index (κ2) is 5.14. The molecule has 124 valence electrons. The van der Waals surface area contributed by atoms with E-state index in [2.05, 4.69) is 22.5 Å². The molecule has 5 nitrogen and oxygen atoms in total. The largest absolute Gasteiger partial charge is 0.454 e. The summed E-state index contributed by atoms with van der Waals surface area (Å²) in [5, 5.41) is 1.71. The summed E-state index contributed by atoms with van der Waals surface area (Å²) in [4.78, 5) is 16.2. The van der Waals surface area contributed by atoms with Crippen LogP contribution in [0.5, 0.6) is 11.5 Å². The molecule has 2 aromatic carbocycles. The van der Waals surface area contributed by atoms with Gasteiger partial charge in [-0.3, -0.25) is 4.79 Å². The van der Waals surface area contributed by atoms with Crippen molar-refractivity contribution in [3.05, 3.63) is 58.9 Å². The second-order valence-corrected chi connectivity index (χ2v) is 6.14. The number of aromatic amines is 1. The van der Waals surface area contributed by atoms with Gasteiger partial charge in [0.25, 0.3) is 0 Å². The molecule has 0 aliphatic carbocycles. The van der Waals surface area contributed by atoms with Crippen LogP contribution in [0.15, 0.2) is 53.5 Å². The predicted molar refractivity (Wildman–Crippen MR) is 97.3 cm³/mol. The molecule has 0 amide bonds. The fourth-order valence-electron chi connectivity index (χ4n) is 3.52. The molecule has 0 radical (unpaired) electrons. The lowest BCUT2D eigenvalue weighted by Gasteiger charge is -2.07. The van der Waals surface area contributed by atoms with Crippen LogP contribution in [-0.4, -0.2) is 16.3 Å². The standard InChI is InChI=1S/C20H16N2O3/c1-2-22-8-7-13-16(22)5-4-14-20(13)17(23)10-15(21-14)12-3-6-18-19(9-12)25-11-24-18/h3-10H,2,11H2,1H3,(H,21,23). The molecule has 0 spiro atoms. The summed E-state index contributed by atoms with van der Waals surface area (Å²) in [6.45, 7) is 3.21. The van der Waals surface area contributed by atoms with Gasteiger partial charge in [-0.05, 0) is 43.3 Å². The molecule has 0 atom stereocenters. The van der Waals surface area contributed by atoms with Crippen molar-refractivity contribution < 1.29 is 9.47 Å². The molecule has 5 heteroatoms. The number of nitrogens with zero attached hydrogens (tertiary/aromatic N) is 1. The molecule has 2 aromatic heterocycles. The topological polar surface area (TPSA) is 56.2 Å². The van der Waals surface area contributed by atoms with Crippen LogP contribution in [0.1, 0.15) is 6.92 Å². The first kappa shape index (κ1) is 14.2. The molecule has 4 aromatic rings. The van der Waals surface area contributed by atoms with E-state index in [0.29, 0.717) is 5.75 Å². The van der Waals surface area contributed by atoms with Crippen LogP contribution in [0, 0.1) is 0 Å². The number of fused-ring (bicyclic) bond motifs is 4. The monoisotopic (exact) mass is 332 g/mol. The molecule has 1 N–H and O–H groups in total. The number of nitrogens with one attached hydrogen (secondary N) is 1. The molecule has 0 saturated carbocycles. The Balaban J connectivity index is 1.74. The Labute approximate surface area is 143 Å². The molecule has 25 heavy (non-hydrogen) atoms. The number of rotatable bonds is 2. The summed E-state index contributed by atoms with van der Waals surface area (Å²) in [5.74, 6) is 1.43. The lowest BCUT2D eigenvalue weighted by atomic mass is 10.1. The Morgan fingerprint density at radius 3 is 2.84 bits per heavy atom. The molecule has 0 saturated heterocycles. The Morgan fingerprint density at radius 2 is 1.96 bits per heavy atom. The van der Waals surface area contributed by atoms with E-state index in [1.165, 1.54) is 0 Å². The van der Waals surface area contributed by atoms with Gasteiger partial charge in [0.2, 0.25) is 6.79 Å². The minimum Gasteiger partial charge on any atom is -0.454 e. The number of benzene rings is 2. The summed E-state index contributed by atoms with van der Waals surface area (Å²) in [5.41, 5.74) is 3.60. The van der Waals surface area contributed by atoms with Crippen LogP contribution in [-0.2, 0) is 6.54 Å². The van der Waals surface area contributed by atoms with Gasteiger partial charge >= 0.3 is 0 Å². The quantitative estimate of drug-likeness (QED) is 0.606. The Morgan fingerprint density at radius 1 is 1.08 bits per heavy atom. The van der Waals surface area contributed by atoms with Crippen LogP contribution in [0.4, 0.5) is 0 Å². The molecular formula is C20H16N2O3. The van der Waals surface area contributed by atoms with Gasteiger partial charge in [-0.15, -0.1) is 0 Å². The van der Waals surface area contributed by atoms with Crippen LogP contribution >= 0.6 is 0 Å². The van der Waals surface area contributed by atoms with Crippen molar-refractivity contribution in [2.24, 2.45) is 0 Å². The molecule has 0 unspecified atom stereocenters. The predicted octanol–water partition coefficient (Wildman–Crippen LogP) is 3.90. The van der Waals surface area contributed by atoms with Gasteiger partial charge < -0.3 is 19.0 Å². The van der Waals surface area contributed by atoms with Gasteiger partial charge in [-0.1, -0.05) is 0 Å². The van der Waals surface area contributed by atoms with Crippen molar-refractivity contribution in [1.29, 1.82) is 0 Å². The second-order valence-electron chi connectivity index (χ2n) is 6.14. The average Bonchev–Trinajstić information content (AvgIpc) is 3.26. The number of pyridine rings is 1. The lowest BCUT2D eigenvalue weighted by molar-refractivity contribution is 0.174. The first-order valence-electron chi connectivity index (χ1n) is 8.29. The maximum absolute atomic E-state index is 12.8. The zero-order valence-electron chi connectivity index (χ0n) is 13.7. The number of aromatic nitrogens is 2.